The van der Waals surface area contributed by atoms with Crippen LogP contribution in [0.3, 0.4) is 0 Å². The fourth-order valence-electron chi connectivity index (χ4n) is 3.72. The van der Waals surface area contributed by atoms with Crippen LogP contribution in [0.4, 0.5) is 0 Å². The summed E-state index contributed by atoms with van der Waals surface area (Å²) in [6, 6.07) is 10.4. The average Bonchev–Trinajstić information content (AvgIpc) is 3.31. The fourth-order valence-corrected chi connectivity index (χ4v) is 3.72. The number of hydrogen-bond donors (Lipinski definition) is 2. The maximum absolute atomic E-state index is 11.9. The van der Waals surface area contributed by atoms with Crippen LogP contribution in [0, 0.1) is 13.8 Å². The van der Waals surface area contributed by atoms with Gasteiger partial charge in [-0.15, -0.1) is 24.0 Å². The van der Waals surface area contributed by atoms with E-state index in [4.69, 9.17) is 10.1 Å². The maximum Gasteiger partial charge on any atom is 0.222 e. The summed E-state index contributed by atoms with van der Waals surface area (Å²) in [6.07, 6.45) is 1.50. The molecule has 2 N–H and O–H groups in total. The number of aryl methyl sites for hydroxylation is 1. The molecule has 1 aliphatic heterocycles. The van der Waals surface area contributed by atoms with Gasteiger partial charge in [-0.3, -0.25) is 4.79 Å². The van der Waals surface area contributed by atoms with Crippen molar-refractivity contribution in [2.24, 2.45) is 4.99 Å². The molecule has 1 fully saturated rings. The molecule has 8 heteroatoms. The molecule has 0 aliphatic carbocycles. The number of carbonyl (C=O) groups excluding carboxylic acids is 1. The van der Waals surface area contributed by atoms with E-state index < -0.39 is 0 Å². The maximum atomic E-state index is 11.9. The highest BCUT2D eigenvalue weighted by Crippen LogP contribution is 2.18. The van der Waals surface area contributed by atoms with E-state index in [-0.39, 0.29) is 35.9 Å². The summed E-state index contributed by atoms with van der Waals surface area (Å²) < 4.78 is 1.98. The van der Waals surface area contributed by atoms with Crippen LogP contribution in [-0.4, -0.2) is 52.2 Å². The van der Waals surface area contributed by atoms with E-state index >= 15 is 0 Å². The fraction of sp³-hybridized carbons (Fsp3) is 0.500. The molecule has 1 aromatic heterocycles. The topological polar surface area (TPSA) is 74.6 Å². The SMILES string of the molecule is CCNC(=NCc1c(C)nn(-c2ccccc2)c1C)NC1CCN(C(=O)CC)C1.I. The van der Waals surface area contributed by atoms with E-state index in [0.29, 0.717) is 13.0 Å². The summed E-state index contributed by atoms with van der Waals surface area (Å²) in [6.45, 7) is 11.0. The van der Waals surface area contributed by atoms with Gasteiger partial charge in [0.05, 0.1) is 17.9 Å². The van der Waals surface area contributed by atoms with Crippen LogP contribution >= 0.6 is 24.0 Å². The zero-order chi connectivity index (χ0) is 20.8. The van der Waals surface area contributed by atoms with Crippen LogP contribution in [0.1, 0.15) is 43.6 Å². The summed E-state index contributed by atoms with van der Waals surface area (Å²) >= 11 is 0. The Bertz CT molecular complexity index is 864. The summed E-state index contributed by atoms with van der Waals surface area (Å²) in [4.78, 5) is 18.7. The smallest absolute Gasteiger partial charge is 0.222 e. The predicted molar refractivity (Wildman–Crippen MR) is 132 cm³/mol. The number of nitrogens with one attached hydrogen (secondary N) is 2. The summed E-state index contributed by atoms with van der Waals surface area (Å²) in [7, 11) is 0. The van der Waals surface area contributed by atoms with E-state index in [0.717, 1.165) is 54.7 Å². The molecule has 1 aromatic carbocycles. The Balaban J connectivity index is 0.00000320. The highest BCUT2D eigenvalue weighted by Gasteiger charge is 2.25. The lowest BCUT2D eigenvalue weighted by atomic mass is 10.2. The average molecular weight is 524 g/mol. The van der Waals surface area contributed by atoms with Crippen molar-refractivity contribution in [3.05, 3.63) is 47.3 Å². The molecule has 0 saturated carbocycles. The van der Waals surface area contributed by atoms with Crippen LogP contribution in [0.25, 0.3) is 5.69 Å². The van der Waals surface area contributed by atoms with Gasteiger partial charge < -0.3 is 15.5 Å². The van der Waals surface area contributed by atoms with Crippen molar-refractivity contribution in [3.63, 3.8) is 0 Å². The van der Waals surface area contributed by atoms with Crippen LogP contribution in [0.15, 0.2) is 35.3 Å². The highest BCUT2D eigenvalue weighted by molar-refractivity contribution is 14.0. The molecule has 2 aromatic rings. The molecule has 1 saturated heterocycles. The molecule has 0 bridgehead atoms. The molecule has 1 atom stereocenters. The van der Waals surface area contributed by atoms with Crippen molar-refractivity contribution in [3.8, 4) is 5.69 Å². The van der Waals surface area contributed by atoms with Gasteiger partial charge in [0, 0.05) is 43.4 Å². The highest BCUT2D eigenvalue weighted by atomic mass is 127. The second kappa shape index (κ2) is 11.3. The van der Waals surface area contributed by atoms with Crippen LogP contribution in [-0.2, 0) is 11.3 Å². The van der Waals surface area contributed by atoms with Crippen LogP contribution in [0.5, 0.6) is 0 Å². The zero-order valence-electron chi connectivity index (χ0n) is 18.3. The summed E-state index contributed by atoms with van der Waals surface area (Å²) in [5.41, 5.74) is 4.29. The van der Waals surface area contributed by atoms with E-state index in [1.54, 1.807) is 0 Å². The number of amides is 1. The Kier molecular flexibility index (Phi) is 9.13. The number of nitrogens with zero attached hydrogens (tertiary/aromatic N) is 4. The normalized spacial score (nSPS) is 16.3. The van der Waals surface area contributed by atoms with Crippen molar-refractivity contribution in [1.29, 1.82) is 0 Å². The van der Waals surface area contributed by atoms with Gasteiger partial charge in [0.15, 0.2) is 5.96 Å². The lowest BCUT2D eigenvalue weighted by molar-refractivity contribution is -0.129. The molecule has 7 nitrogen and oxygen atoms in total. The number of aromatic nitrogens is 2. The third-order valence-corrected chi connectivity index (χ3v) is 5.37. The third-order valence-electron chi connectivity index (χ3n) is 5.37. The lowest BCUT2D eigenvalue weighted by Crippen LogP contribution is -2.45. The van der Waals surface area contributed by atoms with Crippen molar-refractivity contribution in [2.45, 2.75) is 53.1 Å². The Morgan fingerprint density at radius 1 is 1.23 bits per heavy atom. The molecule has 1 unspecified atom stereocenters. The molecule has 30 heavy (non-hydrogen) atoms. The number of halogens is 1. The van der Waals surface area contributed by atoms with E-state index in [1.807, 2.05) is 41.6 Å². The van der Waals surface area contributed by atoms with E-state index in [9.17, 15) is 4.79 Å². The molecule has 164 valence electrons. The molecule has 1 amide bonds. The van der Waals surface area contributed by atoms with Crippen molar-refractivity contribution in [2.75, 3.05) is 19.6 Å². The molecule has 3 rings (SSSR count). The second-order valence-electron chi connectivity index (χ2n) is 7.42. The van der Waals surface area contributed by atoms with Crippen molar-refractivity contribution >= 4 is 35.8 Å². The molecule has 0 radical (unpaired) electrons. The Morgan fingerprint density at radius 2 is 1.97 bits per heavy atom. The summed E-state index contributed by atoms with van der Waals surface area (Å²) in [5, 5.41) is 11.5. The van der Waals surface area contributed by atoms with Gasteiger partial charge in [-0.2, -0.15) is 5.10 Å². The minimum absolute atomic E-state index is 0. The first-order valence-corrected chi connectivity index (χ1v) is 10.5. The standard InChI is InChI=1S/C22H32N6O.HI/c1-5-21(29)27-13-12-18(15-27)25-22(23-6-2)24-14-20-16(3)26-28(17(20)4)19-10-8-7-9-11-19;/h7-11,18H,5-6,12-15H2,1-4H3,(H2,23,24,25);1H. The van der Waals surface area contributed by atoms with Gasteiger partial charge in [0.2, 0.25) is 5.91 Å². The Labute approximate surface area is 196 Å². The number of carbonyl (C=O) groups is 1. The van der Waals surface area contributed by atoms with Gasteiger partial charge >= 0.3 is 0 Å². The van der Waals surface area contributed by atoms with E-state index in [2.05, 4.69) is 36.6 Å². The first-order valence-electron chi connectivity index (χ1n) is 10.5. The minimum atomic E-state index is 0. The van der Waals surface area contributed by atoms with Crippen LogP contribution < -0.4 is 10.6 Å². The number of guanidine groups is 1. The molecular weight excluding hydrogens is 491 g/mol. The molecule has 2 heterocycles. The number of para-hydroxylation sites is 1. The number of aliphatic imine (C=N–C) groups is 1. The quantitative estimate of drug-likeness (QED) is 0.346. The lowest BCUT2D eigenvalue weighted by Gasteiger charge is -2.18. The second-order valence-corrected chi connectivity index (χ2v) is 7.42. The molecule has 1 aliphatic rings. The largest absolute Gasteiger partial charge is 0.357 e. The van der Waals surface area contributed by atoms with Crippen molar-refractivity contribution < 1.29 is 4.79 Å². The van der Waals surface area contributed by atoms with Gasteiger partial charge in [-0.1, -0.05) is 25.1 Å². The predicted octanol–water partition coefficient (Wildman–Crippen LogP) is 3.17. The first kappa shape index (κ1) is 24.2. The number of hydrogen-bond acceptors (Lipinski definition) is 3. The Morgan fingerprint density at radius 3 is 2.63 bits per heavy atom. The van der Waals surface area contributed by atoms with Gasteiger partial charge in [-0.25, -0.2) is 9.67 Å². The first-order chi connectivity index (χ1) is 14.0. The Hall–Kier alpha value is -2.10. The van der Waals surface area contributed by atoms with Gasteiger partial charge in [0.1, 0.15) is 0 Å². The number of rotatable bonds is 6. The monoisotopic (exact) mass is 524 g/mol. The van der Waals surface area contributed by atoms with Crippen LogP contribution in [0.2, 0.25) is 0 Å². The zero-order valence-corrected chi connectivity index (χ0v) is 20.6. The number of benzene rings is 1. The van der Waals surface area contributed by atoms with Gasteiger partial charge in [-0.05, 0) is 39.3 Å². The third kappa shape index (κ3) is 5.74. The van der Waals surface area contributed by atoms with Crippen molar-refractivity contribution in [1.82, 2.24) is 25.3 Å². The minimum Gasteiger partial charge on any atom is -0.357 e. The van der Waals surface area contributed by atoms with Gasteiger partial charge in [0.25, 0.3) is 0 Å². The number of likely N-dealkylation sites (tertiary alicyclic amines) is 1. The summed E-state index contributed by atoms with van der Waals surface area (Å²) in [5.74, 6) is 1.00. The van der Waals surface area contributed by atoms with E-state index in [1.165, 1.54) is 0 Å². The molecule has 0 spiro atoms. The molecular formula is C22H33IN6O.